The fourth-order valence-corrected chi connectivity index (χ4v) is 4.12. The summed E-state index contributed by atoms with van der Waals surface area (Å²) in [5.74, 6) is 1.69. The van der Waals surface area contributed by atoms with Gasteiger partial charge in [0, 0.05) is 31.0 Å². The summed E-state index contributed by atoms with van der Waals surface area (Å²) in [6.45, 7) is 2.51. The number of ketones is 1. The monoisotopic (exact) mass is 495 g/mol. The highest BCUT2D eigenvalue weighted by Gasteiger charge is 2.16. The number of rotatable bonds is 16. The summed E-state index contributed by atoms with van der Waals surface area (Å²) in [5, 5.41) is 23.0. The Morgan fingerprint density at radius 2 is 1.72 bits per heavy atom. The number of phenolic OH excluding ortho intramolecular Hbond substituents is 1. The summed E-state index contributed by atoms with van der Waals surface area (Å²) < 4.78 is 11.3. The van der Waals surface area contributed by atoms with Gasteiger partial charge in [-0.25, -0.2) is 0 Å². The minimum Gasteiger partial charge on any atom is -0.508 e. The smallest absolute Gasteiger partial charge is 0.220 e. The Hall–Kier alpha value is -3.39. The Bertz CT molecular complexity index is 993. The number of benzene rings is 2. The molecular formula is C28H37N3O5. The van der Waals surface area contributed by atoms with Crippen LogP contribution in [0.25, 0.3) is 0 Å². The number of unbranched alkanes of at least 4 members (excludes halogenated alkanes) is 3. The van der Waals surface area contributed by atoms with Crippen molar-refractivity contribution in [2.45, 2.75) is 57.4 Å². The molecule has 2 aromatic rings. The predicted molar refractivity (Wildman–Crippen MR) is 139 cm³/mol. The highest BCUT2D eigenvalue weighted by atomic mass is 16.6. The Morgan fingerprint density at radius 1 is 0.972 bits per heavy atom. The van der Waals surface area contributed by atoms with Gasteiger partial charge in [0.05, 0.1) is 0 Å². The van der Waals surface area contributed by atoms with Crippen LogP contribution in [0.4, 0.5) is 0 Å². The van der Waals surface area contributed by atoms with Crippen LogP contribution in [0.2, 0.25) is 0 Å². The van der Waals surface area contributed by atoms with E-state index in [4.69, 9.17) is 14.9 Å². The molecule has 0 saturated heterocycles. The van der Waals surface area contributed by atoms with Crippen LogP contribution >= 0.6 is 0 Å². The lowest BCUT2D eigenvalue weighted by atomic mass is 10.0. The van der Waals surface area contributed by atoms with Gasteiger partial charge >= 0.3 is 0 Å². The van der Waals surface area contributed by atoms with Gasteiger partial charge in [-0.1, -0.05) is 12.5 Å². The van der Waals surface area contributed by atoms with Gasteiger partial charge in [0.25, 0.3) is 0 Å². The Balaban J connectivity index is 1.43. The van der Waals surface area contributed by atoms with Crippen LogP contribution in [0.3, 0.4) is 0 Å². The molecule has 0 bridgehead atoms. The third-order valence-electron chi connectivity index (χ3n) is 6.04. The minimum absolute atomic E-state index is 0.00342. The van der Waals surface area contributed by atoms with Crippen molar-refractivity contribution in [1.82, 2.24) is 10.6 Å². The average Bonchev–Trinajstić information content (AvgIpc) is 2.88. The van der Waals surface area contributed by atoms with Gasteiger partial charge in [0.15, 0.2) is 17.3 Å². The molecule has 0 saturated carbocycles. The Labute approximate surface area is 212 Å². The molecule has 0 spiro atoms. The number of ether oxygens (including phenoxy) is 2. The van der Waals surface area contributed by atoms with Crippen molar-refractivity contribution in [2.24, 2.45) is 0 Å². The van der Waals surface area contributed by atoms with Crippen molar-refractivity contribution in [3.8, 4) is 17.2 Å². The number of Topliss-reactive ketones (excluding diaryl/α,β-unsaturated/α-hetero) is 1. The van der Waals surface area contributed by atoms with Crippen molar-refractivity contribution >= 4 is 17.9 Å². The number of nitrogens with one attached hydrogen (secondary N) is 3. The van der Waals surface area contributed by atoms with E-state index in [2.05, 4.69) is 10.6 Å². The molecule has 1 atom stereocenters. The zero-order chi connectivity index (χ0) is 25.6. The Morgan fingerprint density at radius 3 is 2.50 bits per heavy atom. The maximum absolute atomic E-state index is 12.7. The standard InChI is InChI=1S/C28H37N3O5/c29-14-4-5-15-30-20-23(18-21-8-13-26-27(19-21)36-17-16-35-26)31-28(34)7-3-1-2-6-25(33)22-9-11-24(32)12-10-22/h8-14,19,23,29-30,32H,1-7,15-18,20H2,(H,31,34)/t23-/m0/s1. The molecule has 0 aromatic heterocycles. The first-order chi connectivity index (χ1) is 17.5. The molecule has 1 aliphatic rings. The zero-order valence-corrected chi connectivity index (χ0v) is 20.8. The number of phenols is 1. The third kappa shape index (κ3) is 9.34. The van der Waals surface area contributed by atoms with Crippen molar-refractivity contribution in [2.75, 3.05) is 26.3 Å². The molecule has 36 heavy (non-hydrogen) atoms. The van der Waals surface area contributed by atoms with Crippen molar-refractivity contribution in [1.29, 1.82) is 5.41 Å². The fraction of sp³-hybridized carbons (Fsp3) is 0.464. The van der Waals surface area contributed by atoms with Gasteiger partial charge in [-0.2, -0.15) is 0 Å². The summed E-state index contributed by atoms with van der Waals surface area (Å²) in [6.07, 6.45) is 6.79. The number of hydrogen-bond acceptors (Lipinski definition) is 7. The second-order valence-corrected chi connectivity index (χ2v) is 9.03. The molecule has 1 aliphatic heterocycles. The first kappa shape index (κ1) is 27.2. The number of amides is 1. The molecular weight excluding hydrogens is 458 g/mol. The van der Waals surface area contributed by atoms with Crippen LogP contribution in [-0.2, 0) is 11.2 Å². The van der Waals surface area contributed by atoms with Crippen LogP contribution in [-0.4, -0.2) is 55.4 Å². The van der Waals surface area contributed by atoms with Crippen molar-refractivity contribution < 1.29 is 24.2 Å². The highest BCUT2D eigenvalue weighted by molar-refractivity contribution is 5.96. The molecule has 0 unspecified atom stereocenters. The third-order valence-corrected chi connectivity index (χ3v) is 6.04. The molecule has 1 heterocycles. The van der Waals surface area contributed by atoms with E-state index in [0.717, 1.165) is 55.7 Å². The number of fused-ring (bicyclic) bond motifs is 1. The molecule has 3 rings (SSSR count). The first-order valence-corrected chi connectivity index (χ1v) is 12.7. The van der Waals surface area contributed by atoms with Crippen molar-refractivity contribution in [3.63, 3.8) is 0 Å². The van der Waals surface area contributed by atoms with E-state index in [0.29, 0.717) is 44.6 Å². The molecule has 8 nitrogen and oxygen atoms in total. The summed E-state index contributed by atoms with van der Waals surface area (Å²) in [7, 11) is 0. The summed E-state index contributed by atoms with van der Waals surface area (Å²) in [6, 6.07) is 12.1. The SMILES string of the molecule is N=CCCCNC[C@H](Cc1ccc2c(c1)OCCO2)NC(=O)CCCCCC(=O)c1ccc(O)cc1. The topological polar surface area (TPSA) is 121 Å². The van der Waals surface area contributed by atoms with E-state index >= 15 is 0 Å². The van der Waals surface area contributed by atoms with Gasteiger partial charge in [-0.15, -0.1) is 0 Å². The van der Waals surface area contributed by atoms with Gasteiger partial charge in [0.1, 0.15) is 19.0 Å². The zero-order valence-electron chi connectivity index (χ0n) is 20.8. The summed E-state index contributed by atoms with van der Waals surface area (Å²) >= 11 is 0. The van der Waals surface area contributed by atoms with Gasteiger partial charge in [-0.3, -0.25) is 9.59 Å². The van der Waals surface area contributed by atoms with E-state index in [1.165, 1.54) is 18.3 Å². The molecule has 0 aliphatic carbocycles. The number of carbonyl (C=O) groups is 2. The molecule has 0 radical (unpaired) electrons. The molecule has 1 amide bonds. The normalized spacial score (nSPS) is 13.1. The second-order valence-electron chi connectivity index (χ2n) is 9.03. The van der Waals surface area contributed by atoms with Crippen LogP contribution < -0.4 is 20.1 Å². The van der Waals surface area contributed by atoms with E-state index in [9.17, 15) is 14.7 Å². The lowest BCUT2D eigenvalue weighted by Gasteiger charge is -2.22. The number of carbonyl (C=O) groups excluding carboxylic acids is 2. The number of aromatic hydroxyl groups is 1. The van der Waals surface area contributed by atoms with E-state index in [1.54, 1.807) is 12.1 Å². The Kier molecular flexibility index (Phi) is 11.2. The van der Waals surface area contributed by atoms with Gasteiger partial charge in [0.2, 0.25) is 5.91 Å². The number of hydrogen-bond donors (Lipinski definition) is 4. The van der Waals surface area contributed by atoms with Gasteiger partial charge in [-0.05, 0) is 86.8 Å². The van der Waals surface area contributed by atoms with Crippen LogP contribution in [0.5, 0.6) is 17.2 Å². The first-order valence-electron chi connectivity index (χ1n) is 12.7. The van der Waals surface area contributed by atoms with Gasteiger partial charge < -0.3 is 30.6 Å². The maximum atomic E-state index is 12.7. The van der Waals surface area contributed by atoms with E-state index in [1.807, 2.05) is 18.2 Å². The van der Waals surface area contributed by atoms with Crippen LogP contribution in [0.1, 0.15) is 60.9 Å². The largest absolute Gasteiger partial charge is 0.508 e. The molecule has 8 heteroatoms. The van der Waals surface area contributed by atoms with E-state index in [-0.39, 0.29) is 23.5 Å². The van der Waals surface area contributed by atoms with Crippen LogP contribution in [0, 0.1) is 5.41 Å². The summed E-state index contributed by atoms with van der Waals surface area (Å²) in [5.41, 5.74) is 1.67. The lowest BCUT2D eigenvalue weighted by Crippen LogP contribution is -2.43. The maximum Gasteiger partial charge on any atom is 0.220 e. The molecule has 194 valence electrons. The quantitative estimate of drug-likeness (QED) is 0.158. The lowest BCUT2D eigenvalue weighted by molar-refractivity contribution is -0.121. The molecule has 4 N–H and O–H groups in total. The van der Waals surface area contributed by atoms with E-state index < -0.39 is 0 Å². The predicted octanol–water partition coefficient (Wildman–Crippen LogP) is 4.04. The second kappa shape index (κ2) is 14.9. The van der Waals surface area contributed by atoms with Crippen LogP contribution in [0.15, 0.2) is 42.5 Å². The summed E-state index contributed by atoms with van der Waals surface area (Å²) in [4.78, 5) is 24.9. The fourth-order valence-electron chi connectivity index (χ4n) is 4.12. The molecule has 2 aromatic carbocycles. The highest BCUT2D eigenvalue weighted by Crippen LogP contribution is 2.31. The minimum atomic E-state index is -0.0730. The van der Waals surface area contributed by atoms with Crippen molar-refractivity contribution in [3.05, 3.63) is 53.6 Å². The molecule has 0 fully saturated rings. The average molecular weight is 496 g/mol.